The van der Waals surface area contributed by atoms with E-state index in [4.69, 9.17) is 0 Å². The predicted molar refractivity (Wildman–Crippen MR) is 104 cm³/mol. The van der Waals surface area contributed by atoms with Crippen molar-refractivity contribution >= 4 is 17.3 Å². The summed E-state index contributed by atoms with van der Waals surface area (Å²) in [7, 11) is 0. The van der Waals surface area contributed by atoms with Crippen molar-refractivity contribution in [2.75, 3.05) is 16.8 Å². The van der Waals surface area contributed by atoms with Crippen LogP contribution in [0.4, 0.5) is 11.4 Å². The molecule has 3 aromatic rings. The summed E-state index contributed by atoms with van der Waals surface area (Å²) in [4.78, 5) is 14.7. The van der Waals surface area contributed by atoms with Crippen molar-refractivity contribution in [2.24, 2.45) is 0 Å². The number of rotatable bonds is 5. The van der Waals surface area contributed by atoms with Crippen LogP contribution >= 0.6 is 0 Å². The molecule has 1 amide bonds. The number of tetrazole rings is 1. The predicted octanol–water partition coefficient (Wildman–Crippen LogP) is 2.89. The van der Waals surface area contributed by atoms with Crippen molar-refractivity contribution in [2.45, 2.75) is 32.9 Å². The first-order valence-electron chi connectivity index (χ1n) is 9.17. The molecule has 2 heterocycles. The zero-order valence-corrected chi connectivity index (χ0v) is 15.5. The lowest BCUT2D eigenvalue weighted by atomic mass is 10.1. The summed E-state index contributed by atoms with van der Waals surface area (Å²) in [6.45, 7) is 5.45. The molecular weight excluding hydrogens is 340 g/mol. The summed E-state index contributed by atoms with van der Waals surface area (Å²) in [6.07, 6.45) is 0.768. The number of carbonyl (C=O) groups excluding carboxylic acids is 1. The number of anilines is 2. The van der Waals surface area contributed by atoms with E-state index in [0.717, 1.165) is 34.7 Å². The molecule has 1 atom stereocenters. The molecule has 0 saturated carbocycles. The molecular formula is C20H22N6O. The maximum atomic E-state index is 12.9. The molecule has 1 aromatic heterocycles. The van der Waals surface area contributed by atoms with E-state index < -0.39 is 0 Å². The van der Waals surface area contributed by atoms with Crippen LogP contribution in [0.3, 0.4) is 0 Å². The largest absolute Gasteiger partial charge is 0.374 e. The molecule has 0 spiro atoms. The van der Waals surface area contributed by atoms with Crippen molar-refractivity contribution in [3.8, 4) is 11.4 Å². The van der Waals surface area contributed by atoms with Crippen molar-refractivity contribution in [3.63, 3.8) is 0 Å². The summed E-state index contributed by atoms with van der Waals surface area (Å²) in [5.41, 5.74) is 3.92. The molecule has 0 aliphatic carbocycles. The second-order valence-electron chi connectivity index (χ2n) is 6.71. The van der Waals surface area contributed by atoms with Crippen LogP contribution < -0.4 is 10.2 Å². The zero-order chi connectivity index (χ0) is 18.8. The third-order valence-electron chi connectivity index (χ3n) is 4.81. The Hall–Kier alpha value is -3.22. The van der Waals surface area contributed by atoms with Gasteiger partial charge in [-0.25, -0.2) is 4.68 Å². The Balaban J connectivity index is 1.52. The minimum Gasteiger partial charge on any atom is -0.374 e. The van der Waals surface area contributed by atoms with Crippen molar-refractivity contribution < 1.29 is 4.79 Å². The smallest absolute Gasteiger partial charge is 0.249 e. The number of hydrogen-bond donors (Lipinski definition) is 1. The quantitative estimate of drug-likeness (QED) is 0.755. The van der Waals surface area contributed by atoms with E-state index in [1.165, 1.54) is 0 Å². The van der Waals surface area contributed by atoms with Crippen molar-refractivity contribution in [3.05, 3.63) is 54.1 Å². The molecule has 27 heavy (non-hydrogen) atoms. The Bertz CT molecular complexity index is 966. The van der Waals surface area contributed by atoms with Crippen LogP contribution in [-0.2, 0) is 11.3 Å². The highest BCUT2D eigenvalue weighted by molar-refractivity contribution is 6.01. The van der Waals surface area contributed by atoms with E-state index in [0.29, 0.717) is 13.1 Å². The fraction of sp³-hybridized carbons (Fsp3) is 0.300. The Labute approximate surface area is 158 Å². The van der Waals surface area contributed by atoms with E-state index in [9.17, 15) is 4.79 Å². The van der Waals surface area contributed by atoms with Gasteiger partial charge >= 0.3 is 0 Å². The highest BCUT2D eigenvalue weighted by Crippen LogP contribution is 2.26. The maximum Gasteiger partial charge on any atom is 0.249 e. The normalized spacial score (nSPS) is 16.7. The summed E-state index contributed by atoms with van der Waals surface area (Å²) >= 11 is 0. The van der Waals surface area contributed by atoms with Crippen molar-refractivity contribution in [1.29, 1.82) is 0 Å². The van der Waals surface area contributed by atoms with Crippen molar-refractivity contribution in [1.82, 2.24) is 20.2 Å². The Kier molecular flexibility index (Phi) is 4.58. The number of benzene rings is 2. The molecule has 7 heteroatoms. The topological polar surface area (TPSA) is 75.9 Å². The second kappa shape index (κ2) is 7.19. The molecule has 2 aromatic carbocycles. The minimum atomic E-state index is -0.233. The van der Waals surface area contributed by atoms with Gasteiger partial charge in [-0.1, -0.05) is 24.3 Å². The molecule has 1 aliphatic rings. The third-order valence-corrected chi connectivity index (χ3v) is 4.81. The second-order valence-corrected chi connectivity index (χ2v) is 6.71. The van der Waals surface area contributed by atoms with Crippen LogP contribution in [0.15, 0.2) is 48.5 Å². The van der Waals surface area contributed by atoms with Crippen LogP contribution in [0.5, 0.6) is 0 Å². The first-order chi connectivity index (χ1) is 13.2. The van der Waals surface area contributed by atoms with E-state index >= 15 is 0 Å². The summed E-state index contributed by atoms with van der Waals surface area (Å²) in [5.74, 6) is 0.824. The highest BCUT2D eigenvalue weighted by atomic mass is 16.2. The number of nitrogens with zero attached hydrogens (tertiary/aromatic N) is 5. The molecule has 0 radical (unpaired) electrons. The standard InChI is InChI=1S/C20H22N6O/c1-3-26-19(22-23-24-26)15-7-5-8-16(13-15)21-18-10-11-25(20(18)27)17-9-4-6-14(2)12-17/h4-9,12-13,18,21H,3,10-11H2,1-2H3. The van der Waals surface area contributed by atoms with Gasteiger partial charge in [0.2, 0.25) is 5.91 Å². The minimum absolute atomic E-state index is 0.101. The first kappa shape index (κ1) is 17.2. The molecule has 1 unspecified atom stereocenters. The number of aromatic nitrogens is 4. The summed E-state index contributed by atoms with van der Waals surface area (Å²) in [6, 6.07) is 15.7. The van der Waals surface area contributed by atoms with E-state index in [-0.39, 0.29) is 11.9 Å². The fourth-order valence-electron chi connectivity index (χ4n) is 3.44. The van der Waals surface area contributed by atoms with Gasteiger partial charge in [-0.3, -0.25) is 4.79 Å². The van der Waals surface area contributed by atoms with Gasteiger partial charge in [-0.2, -0.15) is 0 Å². The van der Waals surface area contributed by atoms with Gasteiger partial charge in [-0.05, 0) is 60.5 Å². The summed E-state index contributed by atoms with van der Waals surface area (Å²) in [5, 5.41) is 15.2. The lowest BCUT2D eigenvalue weighted by Crippen LogP contribution is -2.33. The van der Waals surface area contributed by atoms with E-state index in [2.05, 4.69) is 20.8 Å². The Morgan fingerprint density at radius 2 is 2.04 bits per heavy atom. The molecule has 1 aliphatic heterocycles. The lowest BCUT2D eigenvalue weighted by Gasteiger charge is -2.18. The molecule has 138 valence electrons. The number of hydrogen-bond acceptors (Lipinski definition) is 5. The van der Waals surface area contributed by atoms with Gasteiger partial charge in [0.15, 0.2) is 5.82 Å². The molecule has 7 nitrogen and oxygen atoms in total. The Morgan fingerprint density at radius 1 is 1.19 bits per heavy atom. The van der Waals surface area contributed by atoms with Gasteiger partial charge < -0.3 is 10.2 Å². The summed E-state index contributed by atoms with van der Waals surface area (Å²) < 4.78 is 1.75. The van der Waals surface area contributed by atoms with Gasteiger partial charge in [0, 0.05) is 30.0 Å². The average Bonchev–Trinajstić information content (AvgIpc) is 3.29. The van der Waals surface area contributed by atoms with Gasteiger partial charge in [0.05, 0.1) is 0 Å². The van der Waals surface area contributed by atoms with Crippen LogP contribution in [0.25, 0.3) is 11.4 Å². The Morgan fingerprint density at radius 3 is 2.85 bits per heavy atom. The number of nitrogens with one attached hydrogen (secondary N) is 1. The zero-order valence-electron chi connectivity index (χ0n) is 15.5. The lowest BCUT2D eigenvalue weighted by molar-refractivity contribution is -0.117. The molecule has 0 bridgehead atoms. The van der Waals surface area contributed by atoms with Gasteiger partial charge in [-0.15, -0.1) is 5.10 Å². The molecule has 1 N–H and O–H groups in total. The van der Waals surface area contributed by atoms with Crippen LogP contribution in [-0.4, -0.2) is 38.7 Å². The fourth-order valence-corrected chi connectivity index (χ4v) is 3.44. The molecule has 1 saturated heterocycles. The average molecular weight is 362 g/mol. The number of amides is 1. The number of aryl methyl sites for hydroxylation is 2. The SMILES string of the molecule is CCn1nnnc1-c1cccc(NC2CCN(c3cccc(C)c3)C2=O)c1. The van der Waals surface area contributed by atoms with E-state index in [1.807, 2.05) is 67.3 Å². The monoisotopic (exact) mass is 362 g/mol. The van der Waals surface area contributed by atoms with Gasteiger partial charge in [0.1, 0.15) is 6.04 Å². The van der Waals surface area contributed by atoms with Crippen LogP contribution in [0, 0.1) is 6.92 Å². The van der Waals surface area contributed by atoms with Gasteiger partial charge in [0.25, 0.3) is 0 Å². The molecule has 1 fully saturated rings. The number of carbonyl (C=O) groups is 1. The highest BCUT2D eigenvalue weighted by Gasteiger charge is 2.32. The maximum absolute atomic E-state index is 12.9. The first-order valence-corrected chi connectivity index (χ1v) is 9.17. The molecule has 4 rings (SSSR count). The van der Waals surface area contributed by atoms with Crippen LogP contribution in [0.2, 0.25) is 0 Å². The van der Waals surface area contributed by atoms with Crippen LogP contribution in [0.1, 0.15) is 18.9 Å². The third kappa shape index (κ3) is 3.40. The van der Waals surface area contributed by atoms with E-state index in [1.54, 1.807) is 4.68 Å².